The lowest BCUT2D eigenvalue weighted by molar-refractivity contribution is 0.311. The number of nitrogens with zero attached hydrogens (tertiary/aromatic N) is 4. The standard InChI is InChI=1S/C15H24ClN5/c1-11-13(16)18-15(21-9-7-20(2)8-10-21)19-14(11)17-12-5-3-4-6-12/h12H,3-10H2,1-2H3,(H,17,18,19). The van der Waals surface area contributed by atoms with E-state index in [1.807, 2.05) is 6.92 Å². The molecule has 0 aromatic carbocycles. The summed E-state index contributed by atoms with van der Waals surface area (Å²) in [4.78, 5) is 13.8. The van der Waals surface area contributed by atoms with Crippen molar-refractivity contribution in [2.75, 3.05) is 43.4 Å². The molecule has 3 rings (SSSR count). The van der Waals surface area contributed by atoms with Crippen molar-refractivity contribution in [3.63, 3.8) is 0 Å². The van der Waals surface area contributed by atoms with Crippen LogP contribution >= 0.6 is 11.6 Å². The monoisotopic (exact) mass is 309 g/mol. The maximum absolute atomic E-state index is 6.32. The number of likely N-dealkylation sites (N-methyl/N-ethyl adjacent to an activating group) is 1. The van der Waals surface area contributed by atoms with Crippen LogP contribution in [0.5, 0.6) is 0 Å². The summed E-state index contributed by atoms with van der Waals surface area (Å²) >= 11 is 6.32. The number of halogens is 1. The van der Waals surface area contributed by atoms with E-state index >= 15 is 0 Å². The molecule has 0 spiro atoms. The van der Waals surface area contributed by atoms with Gasteiger partial charge in [-0.15, -0.1) is 0 Å². The smallest absolute Gasteiger partial charge is 0.228 e. The van der Waals surface area contributed by atoms with Gasteiger partial charge in [0.15, 0.2) is 0 Å². The first-order valence-corrected chi connectivity index (χ1v) is 8.25. The first-order chi connectivity index (χ1) is 10.1. The van der Waals surface area contributed by atoms with Crippen LogP contribution in [0.1, 0.15) is 31.2 Å². The van der Waals surface area contributed by atoms with E-state index in [2.05, 4.69) is 27.1 Å². The van der Waals surface area contributed by atoms with Gasteiger partial charge in [0.25, 0.3) is 0 Å². The number of aromatic nitrogens is 2. The molecule has 0 amide bonds. The minimum Gasteiger partial charge on any atom is -0.367 e. The Balaban J connectivity index is 1.79. The molecule has 1 saturated carbocycles. The fourth-order valence-electron chi connectivity index (χ4n) is 3.03. The Labute approximate surface area is 131 Å². The van der Waals surface area contributed by atoms with Crippen molar-refractivity contribution >= 4 is 23.4 Å². The topological polar surface area (TPSA) is 44.3 Å². The summed E-state index contributed by atoms with van der Waals surface area (Å²) in [7, 11) is 2.15. The molecule has 0 radical (unpaired) electrons. The SMILES string of the molecule is Cc1c(Cl)nc(N2CCN(C)CC2)nc1NC1CCCC1. The number of rotatable bonds is 3. The van der Waals surface area contributed by atoms with Crippen LogP contribution in [-0.2, 0) is 0 Å². The fraction of sp³-hybridized carbons (Fsp3) is 0.733. The van der Waals surface area contributed by atoms with Gasteiger partial charge in [-0.3, -0.25) is 0 Å². The van der Waals surface area contributed by atoms with Crippen molar-refractivity contribution in [1.29, 1.82) is 0 Å². The van der Waals surface area contributed by atoms with Crippen LogP contribution in [-0.4, -0.2) is 54.1 Å². The Kier molecular flexibility index (Phi) is 4.50. The van der Waals surface area contributed by atoms with E-state index in [0.717, 1.165) is 43.5 Å². The second-order valence-corrected chi connectivity index (χ2v) is 6.56. The molecule has 21 heavy (non-hydrogen) atoms. The summed E-state index contributed by atoms with van der Waals surface area (Å²) in [6.07, 6.45) is 5.07. The Morgan fingerprint density at radius 2 is 1.76 bits per heavy atom. The quantitative estimate of drug-likeness (QED) is 0.869. The lowest BCUT2D eigenvalue weighted by Gasteiger charge is -2.32. The van der Waals surface area contributed by atoms with Crippen LogP contribution in [0.25, 0.3) is 0 Å². The van der Waals surface area contributed by atoms with Crippen molar-refractivity contribution < 1.29 is 0 Å². The third-order valence-electron chi connectivity index (χ3n) is 4.56. The molecule has 0 bridgehead atoms. The minimum absolute atomic E-state index is 0.537. The molecule has 2 aliphatic rings. The van der Waals surface area contributed by atoms with Crippen molar-refractivity contribution in [2.45, 2.75) is 38.6 Å². The van der Waals surface area contributed by atoms with E-state index in [4.69, 9.17) is 16.6 Å². The Hall–Kier alpha value is -1.07. The molecule has 116 valence electrons. The zero-order valence-corrected chi connectivity index (χ0v) is 13.7. The number of anilines is 2. The molecule has 1 aromatic rings. The summed E-state index contributed by atoms with van der Waals surface area (Å²) in [6.45, 7) is 5.99. The van der Waals surface area contributed by atoms with Crippen LogP contribution in [0.3, 0.4) is 0 Å². The predicted octanol–water partition coefficient (Wildman–Crippen LogP) is 2.54. The van der Waals surface area contributed by atoms with Crippen LogP contribution in [0, 0.1) is 6.92 Å². The first kappa shape index (κ1) is 14.9. The molecule has 2 fully saturated rings. The van der Waals surface area contributed by atoms with Gasteiger partial charge in [-0.25, -0.2) is 4.98 Å². The molecule has 1 N–H and O–H groups in total. The molecule has 1 aromatic heterocycles. The molecule has 2 heterocycles. The van der Waals surface area contributed by atoms with Gasteiger partial charge in [-0.1, -0.05) is 24.4 Å². The highest BCUT2D eigenvalue weighted by atomic mass is 35.5. The zero-order chi connectivity index (χ0) is 14.8. The molecule has 1 aliphatic carbocycles. The van der Waals surface area contributed by atoms with Gasteiger partial charge in [0.2, 0.25) is 5.95 Å². The number of hydrogen-bond acceptors (Lipinski definition) is 5. The Bertz CT molecular complexity index is 493. The van der Waals surface area contributed by atoms with Gasteiger partial charge in [0, 0.05) is 37.8 Å². The van der Waals surface area contributed by atoms with Crippen LogP contribution in [0.2, 0.25) is 5.15 Å². The Morgan fingerprint density at radius 1 is 1.10 bits per heavy atom. The fourth-order valence-corrected chi connectivity index (χ4v) is 3.20. The van der Waals surface area contributed by atoms with E-state index in [1.54, 1.807) is 0 Å². The summed E-state index contributed by atoms with van der Waals surface area (Å²) in [5.41, 5.74) is 0.960. The molecule has 0 atom stereocenters. The summed E-state index contributed by atoms with van der Waals surface area (Å²) in [6, 6.07) is 0.537. The molecule has 5 nitrogen and oxygen atoms in total. The maximum atomic E-state index is 6.32. The normalized spacial score (nSPS) is 21.0. The van der Waals surface area contributed by atoms with Gasteiger partial charge in [0.05, 0.1) is 0 Å². The maximum Gasteiger partial charge on any atom is 0.228 e. The third kappa shape index (κ3) is 3.40. The van der Waals surface area contributed by atoms with E-state index < -0.39 is 0 Å². The van der Waals surface area contributed by atoms with Crippen molar-refractivity contribution in [2.24, 2.45) is 0 Å². The molecule has 1 aliphatic heterocycles. The average Bonchev–Trinajstić information content (AvgIpc) is 2.97. The second kappa shape index (κ2) is 6.36. The van der Waals surface area contributed by atoms with Gasteiger partial charge >= 0.3 is 0 Å². The zero-order valence-electron chi connectivity index (χ0n) is 12.9. The van der Waals surface area contributed by atoms with Gasteiger partial charge in [-0.2, -0.15) is 4.98 Å². The van der Waals surface area contributed by atoms with Gasteiger partial charge in [0.1, 0.15) is 11.0 Å². The average molecular weight is 310 g/mol. The third-order valence-corrected chi connectivity index (χ3v) is 4.92. The lowest BCUT2D eigenvalue weighted by atomic mass is 10.2. The summed E-state index contributed by atoms with van der Waals surface area (Å²) in [5.74, 6) is 1.68. The van der Waals surface area contributed by atoms with Crippen LogP contribution < -0.4 is 10.2 Å². The second-order valence-electron chi connectivity index (χ2n) is 6.20. The number of hydrogen-bond donors (Lipinski definition) is 1. The number of piperazine rings is 1. The van der Waals surface area contributed by atoms with E-state index in [9.17, 15) is 0 Å². The van der Waals surface area contributed by atoms with Crippen LogP contribution in [0.15, 0.2) is 0 Å². The summed E-state index contributed by atoms with van der Waals surface area (Å²) < 4.78 is 0. The predicted molar refractivity (Wildman–Crippen MR) is 87.4 cm³/mol. The highest BCUT2D eigenvalue weighted by molar-refractivity contribution is 6.30. The van der Waals surface area contributed by atoms with Gasteiger partial charge < -0.3 is 15.1 Å². The molecule has 1 saturated heterocycles. The lowest BCUT2D eigenvalue weighted by Crippen LogP contribution is -2.45. The molecule has 0 unspecified atom stereocenters. The first-order valence-electron chi connectivity index (χ1n) is 7.87. The van der Waals surface area contributed by atoms with Crippen molar-refractivity contribution in [1.82, 2.24) is 14.9 Å². The van der Waals surface area contributed by atoms with Crippen molar-refractivity contribution in [3.05, 3.63) is 10.7 Å². The summed E-state index contributed by atoms with van der Waals surface area (Å²) in [5, 5.41) is 4.13. The van der Waals surface area contributed by atoms with Crippen LogP contribution in [0.4, 0.5) is 11.8 Å². The highest BCUT2D eigenvalue weighted by Crippen LogP contribution is 2.27. The van der Waals surface area contributed by atoms with Gasteiger partial charge in [-0.05, 0) is 26.8 Å². The van der Waals surface area contributed by atoms with E-state index in [-0.39, 0.29) is 0 Å². The van der Waals surface area contributed by atoms with E-state index in [0.29, 0.717) is 11.2 Å². The minimum atomic E-state index is 0.537. The Morgan fingerprint density at radius 3 is 2.43 bits per heavy atom. The molecular weight excluding hydrogens is 286 g/mol. The molecular formula is C15H24ClN5. The van der Waals surface area contributed by atoms with Crippen molar-refractivity contribution in [3.8, 4) is 0 Å². The molecule has 6 heteroatoms. The van der Waals surface area contributed by atoms with E-state index in [1.165, 1.54) is 25.7 Å². The highest BCUT2D eigenvalue weighted by Gasteiger charge is 2.21. The number of nitrogens with one attached hydrogen (secondary N) is 1. The largest absolute Gasteiger partial charge is 0.367 e.